The second-order valence-corrected chi connectivity index (χ2v) is 3.89. The highest BCUT2D eigenvalue weighted by molar-refractivity contribution is 5.17. The Labute approximate surface area is 83.0 Å². The molecule has 0 rings (SSSR count). The molecule has 0 aliphatic rings. The quantitative estimate of drug-likeness (QED) is 0.397. The number of hydrogen-bond donors (Lipinski definition) is 0. The normalized spacial score (nSPS) is 11.0. The first kappa shape index (κ1) is 12.2. The highest BCUT2D eigenvalue weighted by Crippen LogP contribution is 2.12. The number of rotatable bonds is 7. The number of unbranched alkanes of at least 4 members (excludes halogenated alkanes) is 1. The zero-order chi connectivity index (χ0) is 10.1. The molecule has 0 aromatic rings. The second kappa shape index (κ2) is 7.85. The third kappa shape index (κ3) is 9.13. The standard InChI is InChI=1S/C13H22/c1-5-6-10-13(4)11-8-7-9-12(2)3/h5-6,10,12H,1,4,7-9,11H2,2-3H3/b10-6-. The summed E-state index contributed by atoms with van der Waals surface area (Å²) in [7, 11) is 0. The SMILES string of the molecule is C=C/C=C\C(=C)CCCCC(C)C. The van der Waals surface area contributed by atoms with E-state index in [9.17, 15) is 0 Å². The highest BCUT2D eigenvalue weighted by Gasteiger charge is 1.94. The Morgan fingerprint density at radius 3 is 2.54 bits per heavy atom. The van der Waals surface area contributed by atoms with Crippen molar-refractivity contribution in [3.8, 4) is 0 Å². The molecular formula is C13H22. The minimum Gasteiger partial charge on any atom is -0.0991 e. The van der Waals surface area contributed by atoms with Gasteiger partial charge in [-0.1, -0.05) is 63.6 Å². The molecule has 0 heteroatoms. The van der Waals surface area contributed by atoms with E-state index in [4.69, 9.17) is 0 Å². The summed E-state index contributed by atoms with van der Waals surface area (Å²) in [4.78, 5) is 0. The average molecular weight is 178 g/mol. The molecule has 0 N–H and O–H groups in total. The molecule has 0 amide bonds. The van der Waals surface area contributed by atoms with Gasteiger partial charge in [-0.2, -0.15) is 0 Å². The van der Waals surface area contributed by atoms with Crippen LogP contribution in [0.25, 0.3) is 0 Å². The zero-order valence-corrected chi connectivity index (χ0v) is 9.05. The van der Waals surface area contributed by atoms with Gasteiger partial charge in [-0.25, -0.2) is 0 Å². The van der Waals surface area contributed by atoms with Crippen LogP contribution in [0.4, 0.5) is 0 Å². The van der Waals surface area contributed by atoms with Gasteiger partial charge in [0.15, 0.2) is 0 Å². The molecule has 0 fully saturated rings. The molecule has 0 bridgehead atoms. The van der Waals surface area contributed by atoms with E-state index in [2.05, 4.69) is 27.0 Å². The van der Waals surface area contributed by atoms with Gasteiger partial charge in [0.05, 0.1) is 0 Å². The van der Waals surface area contributed by atoms with E-state index < -0.39 is 0 Å². The van der Waals surface area contributed by atoms with Crippen molar-refractivity contribution < 1.29 is 0 Å². The van der Waals surface area contributed by atoms with E-state index in [0.29, 0.717) is 0 Å². The average Bonchev–Trinajstić information content (AvgIpc) is 2.08. The summed E-state index contributed by atoms with van der Waals surface area (Å²) >= 11 is 0. The Kier molecular flexibility index (Phi) is 7.38. The van der Waals surface area contributed by atoms with Crippen LogP contribution in [0, 0.1) is 5.92 Å². The van der Waals surface area contributed by atoms with Crippen LogP contribution in [0.5, 0.6) is 0 Å². The molecule has 0 spiro atoms. The molecule has 0 saturated carbocycles. The third-order valence-corrected chi connectivity index (χ3v) is 2.00. The summed E-state index contributed by atoms with van der Waals surface area (Å²) in [5.41, 5.74) is 1.21. The lowest BCUT2D eigenvalue weighted by Crippen LogP contribution is -1.87. The fourth-order valence-corrected chi connectivity index (χ4v) is 1.19. The van der Waals surface area contributed by atoms with Crippen molar-refractivity contribution in [2.45, 2.75) is 39.5 Å². The van der Waals surface area contributed by atoms with E-state index in [1.165, 1.54) is 24.8 Å². The second-order valence-electron chi connectivity index (χ2n) is 3.89. The van der Waals surface area contributed by atoms with Gasteiger partial charge in [0.25, 0.3) is 0 Å². The number of allylic oxidation sites excluding steroid dienone is 4. The molecule has 0 aromatic heterocycles. The Bertz CT molecular complexity index is 172. The van der Waals surface area contributed by atoms with Crippen molar-refractivity contribution in [2.75, 3.05) is 0 Å². The molecule has 0 heterocycles. The number of hydrogen-bond acceptors (Lipinski definition) is 0. The van der Waals surface area contributed by atoms with Gasteiger partial charge in [0, 0.05) is 0 Å². The van der Waals surface area contributed by atoms with Crippen molar-refractivity contribution in [1.82, 2.24) is 0 Å². The van der Waals surface area contributed by atoms with Crippen LogP contribution in [0.2, 0.25) is 0 Å². The largest absolute Gasteiger partial charge is 0.0991 e. The fraction of sp³-hybridized carbons (Fsp3) is 0.538. The predicted octanol–water partition coefficient (Wildman–Crippen LogP) is 4.50. The van der Waals surface area contributed by atoms with Crippen LogP contribution >= 0.6 is 0 Å². The van der Waals surface area contributed by atoms with Gasteiger partial charge in [-0.15, -0.1) is 0 Å². The Balaban J connectivity index is 3.37. The lowest BCUT2D eigenvalue weighted by atomic mass is 10.0. The summed E-state index contributed by atoms with van der Waals surface area (Å²) < 4.78 is 0. The smallest absolute Gasteiger partial charge is 0.0285 e. The van der Waals surface area contributed by atoms with E-state index in [-0.39, 0.29) is 0 Å². The summed E-state index contributed by atoms with van der Waals surface area (Å²) in [5.74, 6) is 0.831. The van der Waals surface area contributed by atoms with E-state index in [1.54, 1.807) is 6.08 Å². The maximum Gasteiger partial charge on any atom is -0.0285 e. The molecule has 0 nitrogen and oxygen atoms in total. The molecule has 74 valence electrons. The van der Waals surface area contributed by atoms with Crippen molar-refractivity contribution in [2.24, 2.45) is 5.92 Å². The van der Waals surface area contributed by atoms with Gasteiger partial charge in [0.1, 0.15) is 0 Å². The van der Waals surface area contributed by atoms with Crippen molar-refractivity contribution in [3.63, 3.8) is 0 Å². The molecule has 0 saturated heterocycles. The summed E-state index contributed by atoms with van der Waals surface area (Å²) in [6.45, 7) is 12.1. The Hall–Kier alpha value is -0.780. The van der Waals surface area contributed by atoms with Crippen molar-refractivity contribution in [1.29, 1.82) is 0 Å². The Morgan fingerprint density at radius 1 is 1.31 bits per heavy atom. The van der Waals surface area contributed by atoms with Crippen LogP contribution in [-0.4, -0.2) is 0 Å². The highest BCUT2D eigenvalue weighted by atomic mass is 14.0. The summed E-state index contributed by atoms with van der Waals surface area (Å²) in [5, 5.41) is 0. The molecule has 0 radical (unpaired) electrons. The molecule has 0 aliphatic carbocycles. The minimum absolute atomic E-state index is 0.831. The molecule has 0 aliphatic heterocycles. The summed E-state index contributed by atoms with van der Waals surface area (Å²) in [6.07, 6.45) is 10.8. The van der Waals surface area contributed by atoms with E-state index in [0.717, 1.165) is 12.3 Å². The van der Waals surface area contributed by atoms with Crippen LogP contribution in [0.1, 0.15) is 39.5 Å². The van der Waals surface area contributed by atoms with E-state index >= 15 is 0 Å². The molecule has 0 aromatic carbocycles. The van der Waals surface area contributed by atoms with Gasteiger partial charge in [0.2, 0.25) is 0 Å². The monoisotopic (exact) mass is 178 g/mol. The molecule has 0 atom stereocenters. The molecular weight excluding hydrogens is 156 g/mol. The molecule has 13 heavy (non-hydrogen) atoms. The van der Waals surface area contributed by atoms with Gasteiger partial charge in [-0.05, 0) is 18.8 Å². The van der Waals surface area contributed by atoms with Gasteiger partial charge < -0.3 is 0 Å². The van der Waals surface area contributed by atoms with E-state index in [1.807, 2.05) is 12.2 Å². The minimum atomic E-state index is 0.831. The van der Waals surface area contributed by atoms with Crippen LogP contribution < -0.4 is 0 Å². The van der Waals surface area contributed by atoms with Gasteiger partial charge >= 0.3 is 0 Å². The van der Waals surface area contributed by atoms with Gasteiger partial charge in [-0.3, -0.25) is 0 Å². The third-order valence-electron chi connectivity index (χ3n) is 2.00. The topological polar surface area (TPSA) is 0 Å². The van der Waals surface area contributed by atoms with Crippen LogP contribution in [0.3, 0.4) is 0 Å². The predicted molar refractivity (Wildman–Crippen MR) is 61.8 cm³/mol. The zero-order valence-electron chi connectivity index (χ0n) is 9.05. The lowest BCUT2D eigenvalue weighted by molar-refractivity contribution is 0.538. The van der Waals surface area contributed by atoms with Crippen molar-refractivity contribution >= 4 is 0 Å². The summed E-state index contributed by atoms with van der Waals surface area (Å²) in [6, 6.07) is 0. The maximum atomic E-state index is 3.97. The maximum absolute atomic E-state index is 3.97. The fourth-order valence-electron chi connectivity index (χ4n) is 1.19. The molecule has 0 unspecified atom stereocenters. The van der Waals surface area contributed by atoms with Crippen LogP contribution in [0.15, 0.2) is 37.0 Å². The Morgan fingerprint density at radius 2 is 2.00 bits per heavy atom. The first-order valence-corrected chi connectivity index (χ1v) is 5.13. The lowest BCUT2D eigenvalue weighted by Gasteiger charge is -2.03. The first-order valence-electron chi connectivity index (χ1n) is 5.13. The first-order chi connectivity index (χ1) is 6.16. The van der Waals surface area contributed by atoms with Crippen LogP contribution in [-0.2, 0) is 0 Å². The van der Waals surface area contributed by atoms with Crippen molar-refractivity contribution in [3.05, 3.63) is 37.0 Å².